The van der Waals surface area contributed by atoms with Gasteiger partial charge in [-0.3, -0.25) is 0 Å². The average Bonchev–Trinajstić information content (AvgIpc) is 2.79. The topological polar surface area (TPSA) is 83.6 Å². The molecule has 1 aromatic heterocycles. The van der Waals surface area contributed by atoms with Crippen molar-refractivity contribution in [2.24, 2.45) is 0 Å². The summed E-state index contributed by atoms with van der Waals surface area (Å²) >= 11 is 0. The molecule has 1 heterocycles. The number of aromatic carboxylic acids is 1. The molecule has 17 heavy (non-hydrogen) atoms. The average molecular weight is 233 g/mol. The third kappa shape index (κ3) is 2.51. The summed E-state index contributed by atoms with van der Waals surface area (Å²) in [6.07, 6.45) is 0.549. The summed E-state index contributed by atoms with van der Waals surface area (Å²) in [5, 5.41) is 21.0. The van der Waals surface area contributed by atoms with E-state index in [-0.39, 0.29) is 12.3 Å². The van der Waals surface area contributed by atoms with E-state index in [4.69, 9.17) is 14.7 Å². The molecule has 88 valence electrons. The van der Waals surface area contributed by atoms with Gasteiger partial charge in [-0.25, -0.2) is 4.79 Å². The third-order valence-electron chi connectivity index (χ3n) is 2.34. The lowest BCUT2D eigenvalue weighted by Gasteiger charge is -2.00. The Morgan fingerprint density at radius 3 is 2.82 bits per heavy atom. The van der Waals surface area contributed by atoms with E-state index in [1.807, 2.05) is 18.2 Å². The predicted octanol–water partition coefficient (Wildman–Crippen LogP) is 1.57. The summed E-state index contributed by atoms with van der Waals surface area (Å²) in [5.74, 6) is -0.714. The van der Waals surface area contributed by atoms with Crippen LogP contribution in [0.2, 0.25) is 0 Å². The molecule has 0 aliphatic heterocycles. The van der Waals surface area contributed by atoms with Crippen LogP contribution in [0.15, 0.2) is 34.9 Å². The minimum atomic E-state index is -1.12. The Labute approximate surface area is 97.3 Å². The highest BCUT2D eigenvalue weighted by molar-refractivity contribution is 5.86. The van der Waals surface area contributed by atoms with Gasteiger partial charge in [0.1, 0.15) is 0 Å². The number of nitrogens with zero attached hydrogens (tertiary/aromatic N) is 1. The van der Waals surface area contributed by atoms with Crippen LogP contribution in [0.1, 0.15) is 16.1 Å². The Morgan fingerprint density at radius 2 is 2.18 bits per heavy atom. The van der Waals surface area contributed by atoms with Crippen molar-refractivity contribution < 1.29 is 19.5 Å². The number of carboxylic acid groups (broad SMARTS) is 1. The standard InChI is InChI=1S/C12H11NO4/c14-5-4-8-2-1-3-9(6-8)11-7-10(12(15)16)13-17-11/h1-3,6-7,14H,4-5H2,(H,15,16). The van der Waals surface area contributed by atoms with E-state index >= 15 is 0 Å². The van der Waals surface area contributed by atoms with Crippen LogP contribution in [-0.4, -0.2) is 27.9 Å². The van der Waals surface area contributed by atoms with Crippen LogP contribution in [0.25, 0.3) is 11.3 Å². The van der Waals surface area contributed by atoms with Crippen molar-refractivity contribution in [3.05, 3.63) is 41.6 Å². The monoisotopic (exact) mass is 233 g/mol. The zero-order chi connectivity index (χ0) is 12.3. The first-order valence-electron chi connectivity index (χ1n) is 5.11. The fourth-order valence-corrected chi connectivity index (χ4v) is 1.52. The van der Waals surface area contributed by atoms with E-state index < -0.39 is 5.97 Å². The molecule has 5 nitrogen and oxygen atoms in total. The Kier molecular flexibility index (Phi) is 3.20. The first kappa shape index (κ1) is 11.3. The Balaban J connectivity index is 2.31. The van der Waals surface area contributed by atoms with E-state index in [2.05, 4.69) is 5.16 Å². The lowest BCUT2D eigenvalue weighted by atomic mass is 10.1. The molecule has 0 bridgehead atoms. The third-order valence-corrected chi connectivity index (χ3v) is 2.34. The number of aromatic nitrogens is 1. The number of carboxylic acids is 1. The second-order valence-corrected chi connectivity index (χ2v) is 3.56. The van der Waals surface area contributed by atoms with Crippen LogP contribution < -0.4 is 0 Å². The quantitative estimate of drug-likeness (QED) is 0.837. The van der Waals surface area contributed by atoms with Gasteiger partial charge in [0.15, 0.2) is 11.5 Å². The summed E-state index contributed by atoms with van der Waals surface area (Å²) in [6, 6.07) is 8.72. The number of hydrogen-bond acceptors (Lipinski definition) is 4. The minimum absolute atomic E-state index is 0.0697. The van der Waals surface area contributed by atoms with Gasteiger partial charge in [0.05, 0.1) is 0 Å². The lowest BCUT2D eigenvalue weighted by Crippen LogP contribution is -1.94. The molecule has 0 radical (unpaired) electrons. The van der Waals surface area contributed by atoms with E-state index in [0.717, 1.165) is 11.1 Å². The number of aliphatic hydroxyl groups excluding tert-OH is 1. The van der Waals surface area contributed by atoms with Crippen LogP contribution in [0.4, 0.5) is 0 Å². The van der Waals surface area contributed by atoms with Gasteiger partial charge in [0, 0.05) is 18.2 Å². The summed E-state index contributed by atoms with van der Waals surface area (Å²) < 4.78 is 4.95. The van der Waals surface area contributed by atoms with Gasteiger partial charge in [-0.1, -0.05) is 23.4 Å². The van der Waals surface area contributed by atoms with Crippen LogP contribution >= 0.6 is 0 Å². The van der Waals surface area contributed by atoms with Gasteiger partial charge >= 0.3 is 5.97 Å². The van der Waals surface area contributed by atoms with Gasteiger partial charge in [0.25, 0.3) is 0 Å². The molecule has 0 spiro atoms. The molecule has 0 saturated heterocycles. The summed E-state index contributed by atoms with van der Waals surface area (Å²) in [4.78, 5) is 10.7. The molecule has 1 aromatic carbocycles. The maximum Gasteiger partial charge on any atom is 0.358 e. The van der Waals surface area contributed by atoms with Gasteiger partial charge < -0.3 is 14.7 Å². The van der Waals surface area contributed by atoms with Crippen LogP contribution in [0.5, 0.6) is 0 Å². The number of benzene rings is 1. The maximum absolute atomic E-state index is 10.7. The lowest BCUT2D eigenvalue weighted by molar-refractivity contribution is 0.0686. The molecule has 2 aromatic rings. The molecule has 2 rings (SSSR count). The predicted molar refractivity (Wildman–Crippen MR) is 59.7 cm³/mol. The van der Waals surface area contributed by atoms with Gasteiger partial charge in [0.2, 0.25) is 0 Å². The number of carbonyl (C=O) groups is 1. The highest BCUT2D eigenvalue weighted by Gasteiger charge is 2.12. The maximum atomic E-state index is 10.7. The van der Waals surface area contributed by atoms with Crippen molar-refractivity contribution in [1.29, 1.82) is 0 Å². The summed E-state index contributed by atoms with van der Waals surface area (Å²) in [7, 11) is 0. The van der Waals surface area contributed by atoms with E-state index in [1.165, 1.54) is 6.07 Å². The van der Waals surface area contributed by atoms with Gasteiger partial charge in [-0.2, -0.15) is 0 Å². The van der Waals surface area contributed by atoms with Crippen molar-refractivity contribution in [2.75, 3.05) is 6.61 Å². The molecule has 0 atom stereocenters. The molecular weight excluding hydrogens is 222 g/mol. The molecule has 0 saturated carbocycles. The second kappa shape index (κ2) is 4.80. The molecule has 0 aliphatic carbocycles. The molecule has 0 aliphatic rings. The highest BCUT2D eigenvalue weighted by atomic mass is 16.5. The SMILES string of the molecule is O=C(O)c1cc(-c2cccc(CCO)c2)on1. The largest absolute Gasteiger partial charge is 0.476 e. The fourth-order valence-electron chi connectivity index (χ4n) is 1.52. The fraction of sp³-hybridized carbons (Fsp3) is 0.167. The van der Waals surface area contributed by atoms with Crippen LogP contribution in [0.3, 0.4) is 0 Å². The van der Waals surface area contributed by atoms with Crippen LogP contribution in [0, 0.1) is 0 Å². The Morgan fingerprint density at radius 1 is 1.35 bits per heavy atom. The zero-order valence-corrected chi connectivity index (χ0v) is 8.96. The minimum Gasteiger partial charge on any atom is -0.476 e. The number of aliphatic hydroxyl groups is 1. The first-order valence-corrected chi connectivity index (χ1v) is 5.11. The molecule has 5 heteroatoms. The molecule has 0 unspecified atom stereocenters. The van der Waals surface area contributed by atoms with Crippen molar-refractivity contribution >= 4 is 5.97 Å². The zero-order valence-electron chi connectivity index (χ0n) is 8.96. The Hall–Kier alpha value is -2.14. The van der Waals surface area contributed by atoms with Crippen molar-refractivity contribution in [3.8, 4) is 11.3 Å². The van der Waals surface area contributed by atoms with E-state index in [1.54, 1.807) is 6.07 Å². The number of hydrogen-bond donors (Lipinski definition) is 2. The van der Waals surface area contributed by atoms with E-state index in [0.29, 0.717) is 12.2 Å². The summed E-state index contributed by atoms with van der Waals surface area (Å²) in [5.41, 5.74) is 1.58. The van der Waals surface area contributed by atoms with Crippen molar-refractivity contribution in [3.63, 3.8) is 0 Å². The second-order valence-electron chi connectivity index (χ2n) is 3.56. The van der Waals surface area contributed by atoms with Crippen molar-refractivity contribution in [1.82, 2.24) is 5.16 Å². The molecule has 0 fully saturated rings. The van der Waals surface area contributed by atoms with Crippen molar-refractivity contribution in [2.45, 2.75) is 6.42 Å². The highest BCUT2D eigenvalue weighted by Crippen LogP contribution is 2.21. The Bertz CT molecular complexity index is 533. The normalized spacial score (nSPS) is 10.4. The molecule has 0 amide bonds. The molecular formula is C12H11NO4. The van der Waals surface area contributed by atoms with Crippen LogP contribution in [-0.2, 0) is 6.42 Å². The van der Waals surface area contributed by atoms with Gasteiger partial charge in [-0.05, 0) is 18.1 Å². The smallest absolute Gasteiger partial charge is 0.358 e. The number of rotatable bonds is 4. The first-order chi connectivity index (χ1) is 8.20. The molecule has 2 N–H and O–H groups in total. The van der Waals surface area contributed by atoms with Gasteiger partial charge in [-0.15, -0.1) is 0 Å². The summed E-state index contributed by atoms with van der Waals surface area (Å²) in [6.45, 7) is 0.0697. The van der Waals surface area contributed by atoms with E-state index in [9.17, 15) is 4.79 Å².